The Morgan fingerprint density at radius 1 is 1.75 bits per heavy atom. The number of rotatable bonds is 3. The van der Waals surface area contributed by atoms with Crippen molar-refractivity contribution in [1.29, 1.82) is 0 Å². The first kappa shape index (κ1) is 8.80. The lowest BCUT2D eigenvalue weighted by Gasteiger charge is -2.16. The van der Waals surface area contributed by atoms with E-state index >= 15 is 0 Å². The van der Waals surface area contributed by atoms with Gasteiger partial charge in [0.15, 0.2) is 5.60 Å². The minimum Gasteiger partial charge on any atom is -0.479 e. The van der Waals surface area contributed by atoms with Crippen molar-refractivity contribution in [3.8, 4) is 0 Å². The number of carboxylic acid groups (broad SMARTS) is 1. The van der Waals surface area contributed by atoms with Crippen LogP contribution in [0.3, 0.4) is 0 Å². The number of carboxylic acids is 1. The van der Waals surface area contributed by atoms with Crippen LogP contribution in [0.2, 0.25) is 0 Å². The molecule has 0 spiro atoms. The van der Waals surface area contributed by atoms with Gasteiger partial charge in [-0.2, -0.15) is 0 Å². The predicted molar refractivity (Wildman–Crippen MR) is 42.8 cm³/mol. The molecular weight excluding hydrogens is 158 g/mol. The monoisotopic (exact) mass is 169 g/mol. The Balaban J connectivity index is 2.69. The van der Waals surface area contributed by atoms with Gasteiger partial charge in [-0.25, -0.2) is 4.79 Å². The number of aromatic amines is 1. The zero-order chi connectivity index (χ0) is 9.19. The van der Waals surface area contributed by atoms with Crippen LogP contribution in [0, 0.1) is 0 Å². The second-order valence-corrected chi connectivity index (χ2v) is 2.98. The maximum atomic E-state index is 10.5. The molecule has 0 fully saturated rings. The van der Waals surface area contributed by atoms with Crippen LogP contribution in [0.15, 0.2) is 18.5 Å². The second kappa shape index (κ2) is 2.98. The van der Waals surface area contributed by atoms with E-state index in [9.17, 15) is 9.90 Å². The van der Waals surface area contributed by atoms with E-state index in [0.29, 0.717) is 0 Å². The molecule has 1 unspecified atom stereocenters. The molecule has 0 saturated heterocycles. The van der Waals surface area contributed by atoms with Gasteiger partial charge in [-0.3, -0.25) is 0 Å². The van der Waals surface area contributed by atoms with Gasteiger partial charge in [0.05, 0.1) is 0 Å². The van der Waals surface area contributed by atoms with Crippen LogP contribution >= 0.6 is 0 Å². The zero-order valence-corrected chi connectivity index (χ0v) is 6.74. The normalized spacial score (nSPS) is 15.5. The topological polar surface area (TPSA) is 73.3 Å². The maximum absolute atomic E-state index is 10.5. The molecule has 0 aliphatic heterocycles. The number of aliphatic hydroxyl groups is 1. The molecule has 0 bridgehead atoms. The number of aromatic nitrogens is 1. The minimum atomic E-state index is -1.68. The lowest BCUT2D eigenvalue weighted by atomic mass is 9.99. The Labute approximate surface area is 69.9 Å². The average molecular weight is 169 g/mol. The Morgan fingerprint density at radius 2 is 2.42 bits per heavy atom. The highest BCUT2D eigenvalue weighted by molar-refractivity contribution is 5.76. The summed E-state index contributed by atoms with van der Waals surface area (Å²) in [5, 5.41) is 17.9. The number of nitrogens with one attached hydrogen (secondary N) is 1. The summed E-state index contributed by atoms with van der Waals surface area (Å²) in [5.74, 6) is -1.20. The summed E-state index contributed by atoms with van der Waals surface area (Å²) in [4.78, 5) is 13.3. The van der Waals surface area contributed by atoms with E-state index in [1.807, 2.05) is 0 Å². The van der Waals surface area contributed by atoms with Crippen molar-refractivity contribution in [2.45, 2.75) is 18.9 Å². The van der Waals surface area contributed by atoms with Crippen molar-refractivity contribution in [2.24, 2.45) is 0 Å². The first-order chi connectivity index (χ1) is 5.52. The fourth-order valence-corrected chi connectivity index (χ4v) is 0.941. The molecule has 0 aliphatic rings. The van der Waals surface area contributed by atoms with E-state index in [1.54, 1.807) is 18.5 Å². The first-order valence-electron chi connectivity index (χ1n) is 3.60. The van der Waals surface area contributed by atoms with Crippen molar-refractivity contribution >= 4 is 5.97 Å². The molecule has 0 amide bonds. The van der Waals surface area contributed by atoms with E-state index in [2.05, 4.69) is 4.98 Å². The molecule has 12 heavy (non-hydrogen) atoms. The molecule has 4 heteroatoms. The molecule has 0 aliphatic carbocycles. The summed E-state index contributed by atoms with van der Waals surface area (Å²) in [6, 6.07) is 1.73. The van der Waals surface area contributed by atoms with E-state index in [-0.39, 0.29) is 6.42 Å². The summed E-state index contributed by atoms with van der Waals surface area (Å²) in [6.45, 7) is 1.28. The van der Waals surface area contributed by atoms with Crippen molar-refractivity contribution in [3.05, 3.63) is 24.0 Å². The van der Waals surface area contributed by atoms with Gasteiger partial charge in [0.1, 0.15) is 0 Å². The highest BCUT2D eigenvalue weighted by atomic mass is 16.4. The van der Waals surface area contributed by atoms with Gasteiger partial charge in [0, 0.05) is 18.8 Å². The van der Waals surface area contributed by atoms with Crippen LogP contribution in [0.25, 0.3) is 0 Å². The Morgan fingerprint density at radius 3 is 2.83 bits per heavy atom. The summed E-state index contributed by atoms with van der Waals surface area (Å²) >= 11 is 0. The van der Waals surface area contributed by atoms with Gasteiger partial charge in [-0.1, -0.05) is 0 Å². The zero-order valence-electron chi connectivity index (χ0n) is 6.74. The van der Waals surface area contributed by atoms with Gasteiger partial charge >= 0.3 is 5.97 Å². The van der Waals surface area contributed by atoms with Crippen molar-refractivity contribution < 1.29 is 15.0 Å². The first-order valence-corrected chi connectivity index (χ1v) is 3.60. The SMILES string of the molecule is CC(O)(Cc1cc[nH]c1)C(=O)O. The fraction of sp³-hybridized carbons (Fsp3) is 0.375. The molecule has 1 rings (SSSR count). The summed E-state index contributed by atoms with van der Waals surface area (Å²) in [5.41, 5.74) is -0.898. The van der Waals surface area contributed by atoms with Gasteiger partial charge < -0.3 is 15.2 Å². The predicted octanol–water partition coefficient (Wildman–Crippen LogP) is 0.393. The number of aliphatic carboxylic acids is 1. The van der Waals surface area contributed by atoms with Crippen LogP contribution in [0.1, 0.15) is 12.5 Å². The number of H-pyrrole nitrogens is 1. The molecule has 1 aromatic rings. The molecule has 4 nitrogen and oxygen atoms in total. The third-order valence-electron chi connectivity index (χ3n) is 1.67. The Kier molecular flexibility index (Phi) is 2.19. The molecular formula is C8H11NO3. The molecule has 0 radical (unpaired) electrons. The van der Waals surface area contributed by atoms with E-state index in [0.717, 1.165) is 5.56 Å². The summed E-state index contributed by atoms with van der Waals surface area (Å²) in [6.07, 6.45) is 3.47. The maximum Gasteiger partial charge on any atom is 0.335 e. The minimum absolute atomic E-state index is 0.117. The van der Waals surface area contributed by atoms with Crippen LogP contribution in [0.5, 0.6) is 0 Å². The highest BCUT2D eigenvalue weighted by Crippen LogP contribution is 2.12. The van der Waals surface area contributed by atoms with E-state index in [1.165, 1.54) is 6.92 Å². The third kappa shape index (κ3) is 1.85. The largest absolute Gasteiger partial charge is 0.479 e. The third-order valence-corrected chi connectivity index (χ3v) is 1.67. The molecule has 3 N–H and O–H groups in total. The molecule has 0 saturated carbocycles. The molecule has 1 heterocycles. The van der Waals surface area contributed by atoms with Crippen LogP contribution < -0.4 is 0 Å². The molecule has 0 aromatic carbocycles. The van der Waals surface area contributed by atoms with Crippen LogP contribution in [-0.2, 0) is 11.2 Å². The second-order valence-electron chi connectivity index (χ2n) is 2.98. The van der Waals surface area contributed by atoms with Gasteiger partial charge in [-0.05, 0) is 18.6 Å². The number of carbonyl (C=O) groups is 1. The van der Waals surface area contributed by atoms with Gasteiger partial charge in [0.2, 0.25) is 0 Å². The lowest BCUT2D eigenvalue weighted by molar-refractivity contribution is -0.156. The summed E-state index contributed by atoms with van der Waals surface area (Å²) < 4.78 is 0. The van der Waals surface area contributed by atoms with Crippen LogP contribution in [0.4, 0.5) is 0 Å². The number of hydrogen-bond acceptors (Lipinski definition) is 2. The highest BCUT2D eigenvalue weighted by Gasteiger charge is 2.29. The number of hydrogen-bond donors (Lipinski definition) is 3. The van der Waals surface area contributed by atoms with Crippen molar-refractivity contribution in [3.63, 3.8) is 0 Å². The molecule has 1 aromatic heterocycles. The van der Waals surface area contributed by atoms with Crippen molar-refractivity contribution in [2.75, 3.05) is 0 Å². The average Bonchev–Trinajstić information content (AvgIpc) is 2.38. The Bertz CT molecular complexity index is 264. The lowest BCUT2D eigenvalue weighted by Crippen LogP contribution is -2.36. The van der Waals surface area contributed by atoms with Gasteiger partial charge in [-0.15, -0.1) is 0 Å². The summed E-state index contributed by atoms with van der Waals surface area (Å²) in [7, 11) is 0. The van der Waals surface area contributed by atoms with Crippen LogP contribution in [-0.4, -0.2) is 26.8 Å². The van der Waals surface area contributed by atoms with Gasteiger partial charge in [0.25, 0.3) is 0 Å². The van der Waals surface area contributed by atoms with E-state index in [4.69, 9.17) is 5.11 Å². The Hall–Kier alpha value is -1.29. The fourth-order valence-electron chi connectivity index (χ4n) is 0.941. The van der Waals surface area contributed by atoms with Crippen molar-refractivity contribution in [1.82, 2.24) is 4.98 Å². The standard InChI is InChI=1S/C8H11NO3/c1-8(12,7(10)11)4-6-2-3-9-5-6/h2-3,5,9,12H,4H2,1H3,(H,10,11). The quantitative estimate of drug-likeness (QED) is 0.613. The smallest absolute Gasteiger partial charge is 0.335 e. The molecule has 1 atom stereocenters. The van der Waals surface area contributed by atoms with E-state index < -0.39 is 11.6 Å². The molecule has 66 valence electrons.